The third-order valence-corrected chi connectivity index (χ3v) is 3.27. The van der Waals surface area contributed by atoms with Gasteiger partial charge in [-0.15, -0.1) is 0 Å². The highest BCUT2D eigenvalue weighted by atomic mass is 16.5. The van der Waals surface area contributed by atoms with Crippen LogP contribution in [0.1, 0.15) is 28.0 Å². The Bertz CT molecular complexity index is 641. The summed E-state index contributed by atoms with van der Waals surface area (Å²) in [6.07, 6.45) is 2.45. The molecule has 0 saturated heterocycles. The maximum Gasteiger partial charge on any atom is 0.246 e. The van der Waals surface area contributed by atoms with E-state index in [1.165, 1.54) is 26.0 Å². The van der Waals surface area contributed by atoms with E-state index in [1.807, 2.05) is 31.2 Å². The van der Waals surface area contributed by atoms with Crippen LogP contribution in [-0.2, 0) is 6.42 Å². The van der Waals surface area contributed by atoms with Gasteiger partial charge in [0.2, 0.25) is 11.8 Å². The van der Waals surface area contributed by atoms with Gasteiger partial charge in [0.1, 0.15) is 0 Å². The Balaban J connectivity index is 2.12. The van der Waals surface area contributed by atoms with Crippen LogP contribution >= 0.6 is 0 Å². The second-order valence-electron chi connectivity index (χ2n) is 4.62. The molecule has 0 saturated carbocycles. The van der Waals surface area contributed by atoms with Crippen molar-refractivity contribution in [1.82, 2.24) is 9.97 Å². The van der Waals surface area contributed by atoms with Gasteiger partial charge in [-0.25, -0.2) is 4.98 Å². The van der Waals surface area contributed by atoms with Gasteiger partial charge in [0.15, 0.2) is 11.5 Å². The number of carbonyl (C=O) groups excluding carboxylic acids is 1. The quantitative estimate of drug-likeness (QED) is 0.764. The lowest BCUT2D eigenvalue weighted by Gasteiger charge is -2.08. The first kappa shape index (κ1) is 15.0. The number of nitrogens with zero attached hydrogens (tertiary/aromatic N) is 2. The first-order valence-corrected chi connectivity index (χ1v) is 6.68. The van der Waals surface area contributed by atoms with Crippen molar-refractivity contribution in [3.63, 3.8) is 0 Å². The van der Waals surface area contributed by atoms with Crippen LogP contribution in [0, 0.1) is 6.92 Å². The van der Waals surface area contributed by atoms with Crippen LogP contribution in [0.25, 0.3) is 0 Å². The predicted octanol–water partition coefficient (Wildman–Crippen LogP) is 2.62. The third kappa shape index (κ3) is 3.56. The van der Waals surface area contributed by atoms with Gasteiger partial charge in [0, 0.05) is 6.42 Å². The number of hydrogen-bond acceptors (Lipinski definition) is 5. The number of aromatic nitrogens is 2. The van der Waals surface area contributed by atoms with Gasteiger partial charge in [-0.2, -0.15) is 4.98 Å². The molecule has 1 aromatic heterocycles. The number of rotatable bonds is 6. The standard InChI is InChI=1S/C16H18N2O3/c1-11-6-4-5-7-12(11)8-9-13(19)15-16(21-3)18-14(20-2)10-17-15/h4-7,10H,8-9H2,1-3H3. The fourth-order valence-electron chi connectivity index (χ4n) is 2.05. The number of hydrogen-bond donors (Lipinski definition) is 0. The molecule has 0 spiro atoms. The van der Waals surface area contributed by atoms with Crippen molar-refractivity contribution in [3.05, 3.63) is 47.3 Å². The number of methoxy groups -OCH3 is 2. The molecule has 0 amide bonds. The van der Waals surface area contributed by atoms with Crippen molar-refractivity contribution in [1.29, 1.82) is 0 Å². The molecule has 0 unspecified atom stereocenters. The Hall–Kier alpha value is -2.43. The summed E-state index contributed by atoms with van der Waals surface area (Å²) >= 11 is 0. The molecule has 0 N–H and O–H groups in total. The highest BCUT2D eigenvalue weighted by molar-refractivity contribution is 5.96. The minimum atomic E-state index is -0.0924. The second kappa shape index (κ2) is 6.83. The van der Waals surface area contributed by atoms with Gasteiger partial charge in [0.25, 0.3) is 0 Å². The van der Waals surface area contributed by atoms with Crippen molar-refractivity contribution in [2.45, 2.75) is 19.8 Å². The van der Waals surface area contributed by atoms with Crippen molar-refractivity contribution in [2.24, 2.45) is 0 Å². The fourth-order valence-corrected chi connectivity index (χ4v) is 2.05. The molecule has 0 aliphatic rings. The minimum absolute atomic E-state index is 0.0924. The lowest BCUT2D eigenvalue weighted by Crippen LogP contribution is -2.09. The van der Waals surface area contributed by atoms with Gasteiger partial charge < -0.3 is 9.47 Å². The Labute approximate surface area is 124 Å². The van der Waals surface area contributed by atoms with E-state index in [0.29, 0.717) is 18.7 Å². The SMILES string of the molecule is COc1cnc(C(=O)CCc2ccccc2C)c(OC)n1. The highest BCUT2D eigenvalue weighted by Gasteiger charge is 2.16. The molecule has 0 aliphatic heterocycles. The Morgan fingerprint density at radius 2 is 1.95 bits per heavy atom. The number of Topliss-reactive ketones (excluding diaryl/α,β-unsaturated/α-hetero) is 1. The molecular weight excluding hydrogens is 268 g/mol. The zero-order chi connectivity index (χ0) is 15.2. The Morgan fingerprint density at radius 3 is 2.62 bits per heavy atom. The summed E-state index contributed by atoms with van der Waals surface area (Å²) in [4.78, 5) is 20.5. The summed E-state index contributed by atoms with van der Waals surface area (Å²) in [5.41, 5.74) is 2.58. The zero-order valence-corrected chi connectivity index (χ0v) is 12.4. The lowest BCUT2D eigenvalue weighted by atomic mass is 10.0. The van der Waals surface area contributed by atoms with Crippen molar-refractivity contribution in [2.75, 3.05) is 14.2 Å². The summed E-state index contributed by atoms with van der Waals surface area (Å²) < 4.78 is 10.1. The first-order chi connectivity index (χ1) is 10.2. The molecule has 0 aliphatic carbocycles. The molecule has 0 radical (unpaired) electrons. The number of ketones is 1. The Kier molecular flexibility index (Phi) is 4.87. The average molecular weight is 286 g/mol. The van der Waals surface area contributed by atoms with Gasteiger partial charge in [-0.05, 0) is 24.5 Å². The molecule has 2 rings (SSSR count). The molecule has 0 atom stereocenters. The summed E-state index contributed by atoms with van der Waals surface area (Å²) in [6, 6.07) is 8.02. The van der Waals surface area contributed by atoms with E-state index in [0.717, 1.165) is 5.56 Å². The fraction of sp³-hybridized carbons (Fsp3) is 0.312. The average Bonchev–Trinajstić information content (AvgIpc) is 2.53. The number of ether oxygens (including phenoxy) is 2. The number of carbonyl (C=O) groups is 1. The normalized spacial score (nSPS) is 10.2. The number of aryl methyl sites for hydroxylation is 2. The van der Waals surface area contributed by atoms with E-state index < -0.39 is 0 Å². The molecule has 1 aromatic carbocycles. The largest absolute Gasteiger partial charge is 0.480 e. The van der Waals surface area contributed by atoms with E-state index in [1.54, 1.807) is 0 Å². The van der Waals surface area contributed by atoms with Gasteiger partial charge >= 0.3 is 0 Å². The van der Waals surface area contributed by atoms with Crippen LogP contribution in [-0.4, -0.2) is 30.0 Å². The molecule has 0 bridgehead atoms. The van der Waals surface area contributed by atoms with E-state index >= 15 is 0 Å². The van der Waals surface area contributed by atoms with Crippen LogP contribution in [0.4, 0.5) is 0 Å². The van der Waals surface area contributed by atoms with E-state index in [-0.39, 0.29) is 17.4 Å². The molecule has 5 nitrogen and oxygen atoms in total. The molecule has 21 heavy (non-hydrogen) atoms. The van der Waals surface area contributed by atoms with Gasteiger partial charge in [0.05, 0.1) is 20.4 Å². The summed E-state index contributed by atoms with van der Waals surface area (Å²) in [6.45, 7) is 2.04. The van der Waals surface area contributed by atoms with Crippen LogP contribution in [0.2, 0.25) is 0 Å². The van der Waals surface area contributed by atoms with Crippen molar-refractivity contribution >= 4 is 5.78 Å². The molecule has 1 heterocycles. The summed E-state index contributed by atoms with van der Waals surface area (Å²) in [7, 11) is 2.95. The molecule has 2 aromatic rings. The van der Waals surface area contributed by atoms with Gasteiger partial charge in [-0.1, -0.05) is 24.3 Å². The zero-order valence-electron chi connectivity index (χ0n) is 12.4. The molecule has 110 valence electrons. The number of benzene rings is 1. The van der Waals surface area contributed by atoms with E-state index in [2.05, 4.69) is 9.97 Å². The van der Waals surface area contributed by atoms with Crippen LogP contribution in [0.15, 0.2) is 30.5 Å². The van der Waals surface area contributed by atoms with Crippen LogP contribution < -0.4 is 9.47 Å². The summed E-state index contributed by atoms with van der Waals surface area (Å²) in [5.74, 6) is 0.427. The lowest BCUT2D eigenvalue weighted by molar-refractivity contribution is 0.0973. The third-order valence-electron chi connectivity index (χ3n) is 3.27. The Morgan fingerprint density at radius 1 is 1.19 bits per heavy atom. The van der Waals surface area contributed by atoms with Crippen LogP contribution in [0.5, 0.6) is 11.8 Å². The van der Waals surface area contributed by atoms with Gasteiger partial charge in [-0.3, -0.25) is 4.79 Å². The highest BCUT2D eigenvalue weighted by Crippen LogP contribution is 2.19. The van der Waals surface area contributed by atoms with Crippen LogP contribution in [0.3, 0.4) is 0 Å². The van der Waals surface area contributed by atoms with E-state index in [9.17, 15) is 4.79 Å². The second-order valence-corrected chi connectivity index (χ2v) is 4.62. The predicted molar refractivity (Wildman–Crippen MR) is 79.0 cm³/mol. The summed E-state index contributed by atoms with van der Waals surface area (Å²) in [5, 5.41) is 0. The van der Waals surface area contributed by atoms with E-state index in [4.69, 9.17) is 9.47 Å². The molecule has 0 fully saturated rings. The first-order valence-electron chi connectivity index (χ1n) is 6.68. The monoisotopic (exact) mass is 286 g/mol. The smallest absolute Gasteiger partial charge is 0.246 e. The maximum atomic E-state index is 12.3. The maximum absolute atomic E-state index is 12.3. The van der Waals surface area contributed by atoms with Crippen molar-refractivity contribution < 1.29 is 14.3 Å². The topological polar surface area (TPSA) is 61.3 Å². The molecule has 5 heteroatoms. The minimum Gasteiger partial charge on any atom is -0.480 e. The van der Waals surface area contributed by atoms with Crippen molar-refractivity contribution in [3.8, 4) is 11.8 Å². The molecular formula is C16H18N2O3.